The standard InChI is InChI=1S/C13H18F3NO/c1-4-12(2,3)17-9-10-7-5-6-8-11(10)18-13(14,15)16/h5-8,17H,4,9H2,1-3H3. The Bertz CT molecular complexity index is 388. The van der Waals surface area contributed by atoms with Gasteiger partial charge >= 0.3 is 6.36 Å². The van der Waals surface area contributed by atoms with E-state index in [2.05, 4.69) is 10.1 Å². The van der Waals surface area contributed by atoms with Gasteiger partial charge in [0.15, 0.2) is 0 Å². The maximum atomic E-state index is 12.2. The summed E-state index contributed by atoms with van der Waals surface area (Å²) in [5.74, 6) is -0.149. The molecule has 0 heterocycles. The van der Waals surface area contributed by atoms with Crippen LogP contribution in [0.3, 0.4) is 0 Å². The molecular formula is C13H18F3NO. The highest BCUT2D eigenvalue weighted by molar-refractivity contribution is 5.33. The van der Waals surface area contributed by atoms with Crippen LogP contribution in [-0.4, -0.2) is 11.9 Å². The van der Waals surface area contributed by atoms with Gasteiger partial charge in [-0.1, -0.05) is 25.1 Å². The molecule has 0 fully saturated rings. The van der Waals surface area contributed by atoms with E-state index in [9.17, 15) is 13.2 Å². The topological polar surface area (TPSA) is 21.3 Å². The van der Waals surface area contributed by atoms with Crippen LogP contribution in [0.2, 0.25) is 0 Å². The second kappa shape index (κ2) is 5.61. The first-order valence-corrected chi connectivity index (χ1v) is 5.82. The second-order valence-electron chi connectivity index (χ2n) is 4.75. The summed E-state index contributed by atoms with van der Waals surface area (Å²) in [5.41, 5.74) is 0.377. The third-order valence-electron chi connectivity index (χ3n) is 2.84. The monoisotopic (exact) mass is 261 g/mol. The molecule has 1 N–H and O–H groups in total. The summed E-state index contributed by atoms with van der Waals surface area (Å²) in [7, 11) is 0. The third kappa shape index (κ3) is 4.96. The zero-order chi connectivity index (χ0) is 13.8. The molecule has 0 spiro atoms. The molecule has 0 aromatic heterocycles. The Labute approximate surface area is 105 Å². The van der Waals surface area contributed by atoms with Gasteiger partial charge in [-0.25, -0.2) is 0 Å². The minimum atomic E-state index is -4.66. The van der Waals surface area contributed by atoms with Crippen molar-refractivity contribution in [3.63, 3.8) is 0 Å². The number of ether oxygens (including phenoxy) is 1. The molecule has 1 aromatic carbocycles. The van der Waals surface area contributed by atoms with Crippen LogP contribution < -0.4 is 10.1 Å². The van der Waals surface area contributed by atoms with Crippen LogP contribution in [0.4, 0.5) is 13.2 Å². The van der Waals surface area contributed by atoms with Crippen molar-refractivity contribution in [3.8, 4) is 5.75 Å². The fourth-order valence-electron chi connectivity index (χ4n) is 1.33. The number of rotatable bonds is 5. The molecule has 0 bridgehead atoms. The molecule has 0 aliphatic rings. The van der Waals surface area contributed by atoms with Crippen LogP contribution in [-0.2, 0) is 6.54 Å². The summed E-state index contributed by atoms with van der Waals surface area (Å²) in [6.45, 7) is 6.36. The number of hydrogen-bond acceptors (Lipinski definition) is 2. The Kier molecular flexibility index (Phi) is 4.62. The lowest BCUT2D eigenvalue weighted by atomic mass is 10.0. The number of halogens is 3. The molecule has 0 saturated carbocycles. The average molecular weight is 261 g/mol. The van der Waals surface area contributed by atoms with Gasteiger partial charge in [-0.3, -0.25) is 0 Å². The molecular weight excluding hydrogens is 243 g/mol. The van der Waals surface area contributed by atoms with Crippen LogP contribution in [0.1, 0.15) is 32.8 Å². The van der Waals surface area contributed by atoms with E-state index in [0.717, 1.165) is 6.42 Å². The molecule has 5 heteroatoms. The van der Waals surface area contributed by atoms with Crippen molar-refractivity contribution in [1.29, 1.82) is 0 Å². The van der Waals surface area contributed by atoms with E-state index in [-0.39, 0.29) is 11.3 Å². The highest BCUT2D eigenvalue weighted by Gasteiger charge is 2.32. The van der Waals surface area contributed by atoms with E-state index in [4.69, 9.17) is 0 Å². The van der Waals surface area contributed by atoms with Gasteiger partial charge in [-0.15, -0.1) is 13.2 Å². The maximum Gasteiger partial charge on any atom is 0.573 e. The largest absolute Gasteiger partial charge is 0.573 e. The fourth-order valence-corrected chi connectivity index (χ4v) is 1.33. The van der Waals surface area contributed by atoms with Gasteiger partial charge < -0.3 is 10.1 Å². The summed E-state index contributed by atoms with van der Waals surface area (Å²) in [4.78, 5) is 0. The van der Waals surface area contributed by atoms with E-state index >= 15 is 0 Å². The summed E-state index contributed by atoms with van der Waals surface area (Å²) < 4.78 is 40.6. The van der Waals surface area contributed by atoms with E-state index in [0.29, 0.717) is 12.1 Å². The first kappa shape index (κ1) is 14.8. The summed E-state index contributed by atoms with van der Waals surface area (Å²) in [5, 5.41) is 3.20. The molecule has 0 amide bonds. The van der Waals surface area contributed by atoms with Crippen molar-refractivity contribution >= 4 is 0 Å². The van der Waals surface area contributed by atoms with Crippen molar-refractivity contribution in [2.24, 2.45) is 0 Å². The highest BCUT2D eigenvalue weighted by Crippen LogP contribution is 2.26. The maximum absolute atomic E-state index is 12.2. The number of hydrogen-bond donors (Lipinski definition) is 1. The molecule has 0 aliphatic carbocycles. The first-order valence-electron chi connectivity index (χ1n) is 5.82. The van der Waals surface area contributed by atoms with Crippen LogP contribution in [0, 0.1) is 0 Å². The van der Waals surface area contributed by atoms with Gasteiger partial charge in [-0.2, -0.15) is 0 Å². The van der Waals surface area contributed by atoms with Gasteiger partial charge in [0.05, 0.1) is 0 Å². The highest BCUT2D eigenvalue weighted by atomic mass is 19.4. The normalized spacial score (nSPS) is 12.6. The predicted octanol–water partition coefficient (Wildman–Crippen LogP) is 3.86. The first-order chi connectivity index (χ1) is 8.23. The summed E-state index contributed by atoms with van der Waals surface area (Å²) in [6, 6.07) is 6.16. The molecule has 102 valence electrons. The number of alkyl halides is 3. The number of nitrogens with one attached hydrogen (secondary N) is 1. The van der Waals surface area contributed by atoms with Crippen molar-refractivity contribution in [2.45, 2.75) is 45.6 Å². The lowest BCUT2D eigenvalue weighted by Crippen LogP contribution is -2.38. The quantitative estimate of drug-likeness (QED) is 0.869. The Morgan fingerprint density at radius 2 is 1.78 bits per heavy atom. The minimum absolute atomic E-state index is 0.120. The molecule has 2 nitrogen and oxygen atoms in total. The van der Waals surface area contributed by atoms with Gasteiger partial charge in [0.1, 0.15) is 5.75 Å². The molecule has 0 atom stereocenters. The van der Waals surface area contributed by atoms with Crippen LogP contribution in [0.25, 0.3) is 0 Å². The Morgan fingerprint density at radius 1 is 1.17 bits per heavy atom. The van der Waals surface area contributed by atoms with Gasteiger partial charge in [0, 0.05) is 17.6 Å². The molecule has 1 aromatic rings. The van der Waals surface area contributed by atoms with Crippen molar-refractivity contribution in [2.75, 3.05) is 0 Å². The smallest absolute Gasteiger partial charge is 0.405 e. The Morgan fingerprint density at radius 3 is 2.33 bits per heavy atom. The van der Waals surface area contributed by atoms with E-state index in [1.165, 1.54) is 12.1 Å². The predicted molar refractivity (Wildman–Crippen MR) is 64.3 cm³/mol. The molecule has 0 saturated heterocycles. The molecule has 1 rings (SSSR count). The zero-order valence-corrected chi connectivity index (χ0v) is 10.8. The molecule has 0 unspecified atom stereocenters. The summed E-state index contributed by atoms with van der Waals surface area (Å²) >= 11 is 0. The SMILES string of the molecule is CCC(C)(C)NCc1ccccc1OC(F)(F)F. The van der Waals surface area contributed by atoms with Crippen LogP contribution >= 0.6 is 0 Å². The van der Waals surface area contributed by atoms with Gasteiger partial charge in [0.25, 0.3) is 0 Å². The molecule has 0 radical (unpaired) electrons. The lowest BCUT2D eigenvalue weighted by Gasteiger charge is -2.25. The molecule has 0 aliphatic heterocycles. The lowest BCUT2D eigenvalue weighted by molar-refractivity contribution is -0.274. The zero-order valence-electron chi connectivity index (χ0n) is 10.8. The summed E-state index contributed by atoms with van der Waals surface area (Å²) in [6.07, 6.45) is -3.77. The van der Waals surface area contributed by atoms with E-state index < -0.39 is 6.36 Å². The average Bonchev–Trinajstić information content (AvgIpc) is 2.26. The van der Waals surface area contributed by atoms with Crippen LogP contribution in [0.5, 0.6) is 5.75 Å². The van der Waals surface area contributed by atoms with E-state index in [1.54, 1.807) is 12.1 Å². The Hall–Kier alpha value is -1.23. The number of para-hydroxylation sites is 1. The fraction of sp³-hybridized carbons (Fsp3) is 0.538. The van der Waals surface area contributed by atoms with Crippen molar-refractivity contribution in [1.82, 2.24) is 5.32 Å². The Balaban J connectivity index is 2.77. The van der Waals surface area contributed by atoms with Crippen molar-refractivity contribution in [3.05, 3.63) is 29.8 Å². The third-order valence-corrected chi connectivity index (χ3v) is 2.84. The van der Waals surface area contributed by atoms with Crippen molar-refractivity contribution < 1.29 is 17.9 Å². The second-order valence-corrected chi connectivity index (χ2v) is 4.75. The number of benzene rings is 1. The van der Waals surface area contributed by atoms with Gasteiger partial charge in [-0.05, 0) is 26.3 Å². The molecule has 18 heavy (non-hydrogen) atoms. The van der Waals surface area contributed by atoms with Crippen LogP contribution in [0.15, 0.2) is 24.3 Å². The minimum Gasteiger partial charge on any atom is -0.405 e. The van der Waals surface area contributed by atoms with E-state index in [1.807, 2.05) is 20.8 Å². The van der Waals surface area contributed by atoms with Gasteiger partial charge in [0.2, 0.25) is 0 Å².